The van der Waals surface area contributed by atoms with E-state index in [9.17, 15) is 0 Å². The van der Waals surface area contributed by atoms with Gasteiger partial charge in [0.05, 0.1) is 11.0 Å². The van der Waals surface area contributed by atoms with Gasteiger partial charge in [0.25, 0.3) is 0 Å². The highest BCUT2D eigenvalue weighted by atomic mass is 28.3. The van der Waals surface area contributed by atoms with Crippen LogP contribution >= 0.6 is 0 Å². The first kappa shape index (κ1) is 33.3. The molecule has 5 nitrogen and oxygen atoms in total. The van der Waals surface area contributed by atoms with Gasteiger partial charge in [-0.2, -0.15) is 0 Å². The maximum Gasteiger partial charge on any atom is 0.185 e. The molecule has 57 heavy (non-hydrogen) atoms. The third-order valence-corrected chi connectivity index (χ3v) is 16.5. The van der Waals surface area contributed by atoms with Crippen LogP contribution in [0.15, 0.2) is 193 Å². The first-order chi connectivity index (χ1) is 28.1. The number of aryl methyl sites for hydroxylation is 1. The summed E-state index contributed by atoms with van der Waals surface area (Å²) in [5.74, 6) is 1.56. The largest absolute Gasteiger partial charge is 0.456 e. The maximum absolute atomic E-state index is 17.4. The molecule has 0 spiro atoms. The van der Waals surface area contributed by atoms with Crippen LogP contribution in [0.3, 0.4) is 0 Å². The van der Waals surface area contributed by atoms with Crippen LogP contribution < -0.4 is 25.6 Å². The number of nitrogens with zero attached hydrogens (tertiary/aromatic N) is 4. The summed E-state index contributed by atoms with van der Waals surface area (Å²) >= 11 is 0. The smallest absolute Gasteiger partial charge is 0.185 e. The average molecular weight is 755 g/mol. The molecule has 0 saturated heterocycles. The van der Waals surface area contributed by atoms with Gasteiger partial charge in [0, 0.05) is 41.0 Å². The Morgan fingerprint density at radius 3 is 2.11 bits per heavy atom. The highest BCUT2D eigenvalue weighted by molar-refractivity contribution is 7.22. The number of hydrogen-bond acceptors (Lipinski definition) is 4. The van der Waals surface area contributed by atoms with Crippen molar-refractivity contribution in [3.8, 4) is 11.4 Å². The summed E-state index contributed by atoms with van der Waals surface area (Å²) < 4.78 is 26.1. The van der Waals surface area contributed by atoms with E-state index in [0.29, 0.717) is 11.1 Å². The van der Waals surface area contributed by atoms with Crippen molar-refractivity contribution in [1.82, 2.24) is 14.5 Å². The Morgan fingerprint density at radius 2 is 1.33 bits per heavy atom. The van der Waals surface area contributed by atoms with E-state index in [1.165, 1.54) is 15.6 Å². The number of fused-ring (bicyclic) bond motifs is 7. The Hall–Kier alpha value is -7.09. The van der Waals surface area contributed by atoms with Crippen molar-refractivity contribution in [2.75, 3.05) is 4.90 Å². The molecule has 0 aliphatic carbocycles. The summed E-state index contributed by atoms with van der Waals surface area (Å²) in [4.78, 5) is 12.1. The molecule has 7 aromatic carbocycles. The first-order valence-electron chi connectivity index (χ1n) is 19.2. The Kier molecular flexibility index (Phi) is 7.59. The van der Waals surface area contributed by atoms with Gasteiger partial charge in [-0.15, -0.1) is 0 Å². The Morgan fingerprint density at radius 1 is 0.614 bits per heavy atom. The minimum atomic E-state index is -3.17. The highest BCUT2D eigenvalue weighted by Gasteiger charge is 2.51. The van der Waals surface area contributed by atoms with E-state index >= 15 is 4.39 Å². The number of alkyl halides is 1. The van der Waals surface area contributed by atoms with Crippen molar-refractivity contribution >= 4 is 79.0 Å². The van der Waals surface area contributed by atoms with Gasteiger partial charge < -0.3 is 8.98 Å². The molecule has 1 aliphatic heterocycles. The molecule has 0 amide bonds. The van der Waals surface area contributed by atoms with Crippen LogP contribution in [0.2, 0.25) is 0 Å². The van der Waals surface area contributed by atoms with Crippen LogP contribution in [-0.4, -0.2) is 22.6 Å². The van der Waals surface area contributed by atoms with Crippen LogP contribution in [0.4, 0.5) is 21.6 Å². The van der Waals surface area contributed by atoms with E-state index in [1.54, 1.807) is 0 Å². The van der Waals surface area contributed by atoms with Crippen LogP contribution in [0.5, 0.6) is 0 Å². The number of halogens is 1. The van der Waals surface area contributed by atoms with Gasteiger partial charge in [0.2, 0.25) is 0 Å². The highest BCUT2D eigenvalue weighted by Crippen LogP contribution is 2.43. The monoisotopic (exact) mass is 754 g/mol. The quantitative estimate of drug-likeness (QED) is 0.159. The molecule has 0 saturated carbocycles. The first-order valence-corrected chi connectivity index (χ1v) is 21.2. The van der Waals surface area contributed by atoms with E-state index in [1.807, 2.05) is 92.1 Å². The number of hydrogen-bond donors (Lipinski definition) is 0. The molecule has 3 aromatic heterocycles. The van der Waals surface area contributed by atoms with E-state index in [2.05, 4.69) is 113 Å². The van der Waals surface area contributed by atoms with Crippen molar-refractivity contribution in [3.05, 3.63) is 199 Å². The van der Waals surface area contributed by atoms with Gasteiger partial charge in [-0.3, -0.25) is 4.90 Å². The number of furan rings is 1. The molecule has 272 valence electrons. The fourth-order valence-electron chi connectivity index (χ4n) is 9.15. The molecule has 1 aliphatic rings. The third kappa shape index (κ3) is 4.99. The second kappa shape index (κ2) is 13.0. The van der Waals surface area contributed by atoms with Crippen molar-refractivity contribution in [2.45, 2.75) is 6.17 Å². The van der Waals surface area contributed by atoms with E-state index < -0.39 is 14.2 Å². The zero-order chi connectivity index (χ0) is 38.1. The Balaban J connectivity index is 1.19. The number of anilines is 3. The third-order valence-electron chi connectivity index (χ3n) is 11.6. The predicted molar refractivity (Wildman–Crippen MR) is 232 cm³/mol. The van der Waals surface area contributed by atoms with Crippen molar-refractivity contribution < 1.29 is 8.81 Å². The van der Waals surface area contributed by atoms with Crippen LogP contribution in [0, 0.1) is 0 Å². The van der Waals surface area contributed by atoms with Crippen LogP contribution in [0.25, 0.3) is 44.4 Å². The molecule has 1 unspecified atom stereocenters. The number of rotatable bonds is 6. The van der Waals surface area contributed by atoms with Crippen LogP contribution in [0.1, 0.15) is 17.3 Å². The summed E-state index contributed by atoms with van der Waals surface area (Å²) in [5.41, 5.74) is 7.56. The lowest BCUT2D eigenvalue weighted by atomic mass is 9.99. The van der Waals surface area contributed by atoms with Crippen molar-refractivity contribution in [1.29, 1.82) is 0 Å². The van der Waals surface area contributed by atoms with Gasteiger partial charge in [-0.25, -0.2) is 14.4 Å². The zero-order valence-electron chi connectivity index (χ0n) is 31.1. The fourth-order valence-corrected chi connectivity index (χ4v) is 14.5. The Bertz CT molecular complexity index is 3090. The number of imidazole rings is 1. The topological polar surface area (TPSA) is 47.1 Å². The van der Waals surface area contributed by atoms with Gasteiger partial charge in [0.1, 0.15) is 22.8 Å². The summed E-state index contributed by atoms with van der Waals surface area (Å²) in [6.07, 6.45) is 0.421. The zero-order valence-corrected chi connectivity index (χ0v) is 32.1. The minimum absolute atomic E-state index is 0.569. The van der Waals surface area contributed by atoms with E-state index in [-0.39, 0.29) is 0 Å². The normalized spacial score (nSPS) is 13.8. The summed E-state index contributed by atoms with van der Waals surface area (Å²) in [6, 6.07) is 62.3. The fraction of sp³-hybridized carbons (Fsp3) is 0.0400. The van der Waals surface area contributed by atoms with Crippen molar-refractivity contribution in [3.63, 3.8) is 0 Å². The molecular formula is C50H35FN4OSi. The summed E-state index contributed by atoms with van der Waals surface area (Å²) in [6.45, 7) is 0. The molecule has 7 heteroatoms. The van der Waals surface area contributed by atoms with Gasteiger partial charge in [-0.05, 0) is 86.5 Å². The number of aromatic nitrogens is 3. The van der Waals surface area contributed by atoms with E-state index in [4.69, 9.17) is 14.4 Å². The summed E-state index contributed by atoms with van der Waals surface area (Å²) in [7, 11) is -1.16. The van der Waals surface area contributed by atoms with Gasteiger partial charge in [0.15, 0.2) is 14.2 Å². The molecule has 0 fully saturated rings. The van der Waals surface area contributed by atoms with Crippen LogP contribution in [-0.2, 0) is 7.05 Å². The Labute approximate surface area is 330 Å². The second-order valence-corrected chi connectivity index (χ2v) is 18.4. The lowest BCUT2D eigenvalue weighted by Crippen LogP contribution is -2.77. The van der Waals surface area contributed by atoms with Gasteiger partial charge in [-0.1, -0.05) is 127 Å². The molecule has 0 radical (unpaired) electrons. The van der Waals surface area contributed by atoms with E-state index in [0.717, 1.165) is 66.7 Å². The lowest BCUT2D eigenvalue weighted by Gasteiger charge is -2.45. The van der Waals surface area contributed by atoms with Crippen molar-refractivity contribution in [2.24, 2.45) is 7.05 Å². The number of pyridine rings is 1. The summed E-state index contributed by atoms with van der Waals surface area (Å²) in [5, 5.41) is 7.01. The van der Waals surface area contributed by atoms with Gasteiger partial charge >= 0.3 is 0 Å². The standard InChI is InChI=1S/C50H35FN4OSi/c1-54-40-23-10-9-22-39(40)53-50(54)35-16-14-15-33(31-35)48(51)34-26-29-45-42(32-34)55(46-25-12-13-30-52-46)41-27-28-44-47(38-21-8-11-24-43(38)56-44)49(41)57(45,36-17-4-2-5-18-36)37-19-6-3-7-20-37/h2-32,48H,1H3. The predicted octanol–water partition coefficient (Wildman–Crippen LogP) is 9.75. The molecule has 0 bridgehead atoms. The SMILES string of the molecule is Cn1c(-c2cccc(C(F)c3ccc4c(c3)N(c3ccccn3)c3ccc5oc6ccccc6c5c3[Si]4(c3ccccc3)c3ccccc3)c2)nc2ccccc21. The number of benzene rings is 7. The molecule has 4 heterocycles. The molecular weight excluding hydrogens is 720 g/mol. The molecule has 10 aromatic rings. The average Bonchev–Trinajstić information content (AvgIpc) is 3.83. The molecule has 1 atom stereocenters. The maximum atomic E-state index is 17.4. The number of para-hydroxylation sites is 3. The minimum Gasteiger partial charge on any atom is -0.456 e. The molecule has 11 rings (SSSR count). The molecule has 0 N–H and O–H groups in total. The lowest BCUT2D eigenvalue weighted by molar-refractivity contribution is 0.402. The second-order valence-electron chi connectivity index (χ2n) is 14.7.